The summed E-state index contributed by atoms with van der Waals surface area (Å²) >= 11 is -1.73. The first-order valence-electron chi connectivity index (χ1n) is 23.9. The maximum atomic E-state index is 13.1. The Morgan fingerprint density at radius 2 is 1.21 bits per heavy atom. The molecule has 4 aromatic rings. The van der Waals surface area contributed by atoms with E-state index < -0.39 is 102 Å². The van der Waals surface area contributed by atoms with Crippen LogP contribution in [-0.2, 0) is 97.2 Å². The fourth-order valence-corrected chi connectivity index (χ4v) is 14.8. The van der Waals surface area contributed by atoms with Crippen LogP contribution in [0, 0.1) is 11.8 Å². The molecule has 1 amide bonds. The first-order valence-corrected chi connectivity index (χ1v) is 34.6. The Labute approximate surface area is 411 Å². The van der Waals surface area contributed by atoms with Gasteiger partial charge in [-0.3, -0.25) is 0 Å². The van der Waals surface area contributed by atoms with E-state index in [1.807, 2.05) is 130 Å². The second-order valence-electron chi connectivity index (χ2n) is 18.9. The molecule has 8 rings (SSSR count). The van der Waals surface area contributed by atoms with Crippen molar-refractivity contribution in [3.8, 4) is 0 Å². The van der Waals surface area contributed by atoms with E-state index in [0.29, 0.717) is 39.1 Å². The first-order chi connectivity index (χ1) is 32.5. The van der Waals surface area contributed by atoms with E-state index in [1.165, 1.54) is 6.92 Å². The number of ether oxygens (including phenoxy) is 9. The number of carbonyl (C=O) groups is 1. The normalized spacial score (nSPS) is 32.7. The fourth-order valence-electron chi connectivity index (χ4n) is 10.2. The number of carbonyl (C=O) groups excluding carboxylic acids is 1. The van der Waals surface area contributed by atoms with Gasteiger partial charge in [-0.2, -0.15) is 0 Å². The predicted octanol–water partition coefficient (Wildman–Crippen LogP) is 8.31. The van der Waals surface area contributed by atoms with Gasteiger partial charge in [0.1, 0.15) is 0 Å². The molecule has 4 fully saturated rings. The molecule has 0 spiro atoms. The summed E-state index contributed by atoms with van der Waals surface area (Å²) in [7, 11) is 6.59. The number of aliphatic hydroxyl groups excluding tert-OH is 1. The molecule has 4 aliphatic heterocycles. The molecular formula is C53H66ClHgNO11. The molecule has 4 heterocycles. The van der Waals surface area contributed by atoms with E-state index in [4.69, 9.17) is 50.9 Å². The van der Waals surface area contributed by atoms with Crippen LogP contribution >= 0.6 is 8.25 Å². The van der Waals surface area contributed by atoms with Gasteiger partial charge >= 0.3 is 311 Å². The Morgan fingerprint density at radius 1 is 0.701 bits per heavy atom. The van der Waals surface area contributed by atoms with Gasteiger partial charge in [-0.25, -0.2) is 0 Å². The number of aliphatic hydroxyl groups is 1. The number of hydrogen-bond acceptors (Lipinski definition) is 11. The summed E-state index contributed by atoms with van der Waals surface area (Å²) in [6.07, 6.45) is -4.49. The van der Waals surface area contributed by atoms with Crippen LogP contribution in [0.25, 0.3) is 0 Å². The third-order valence-electron chi connectivity index (χ3n) is 13.5. The van der Waals surface area contributed by atoms with Crippen molar-refractivity contribution in [1.29, 1.82) is 0 Å². The van der Waals surface area contributed by atoms with Crippen LogP contribution in [-0.4, -0.2) is 96.8 Å². The molecule has 67 heavy (non-hydrogen) atoms. The Hall–Kier alpha value is -2.82. The van der Waals surface area contributed by atoms with E-state index in [0.717, 1.165) is 26.2 Å². The molecule has 14 atom stereocenters. The van der Waals surface area contributed by atoms with Crippen molar-refractivity contribution >= 4 is 14.2 Å². The Balaban J connectivity index is 1.12. The molecule has 0 radical (unpaired) electrons. The molecular weight excluding hydrogens is 1060 g/mol. The van der Waals surface area contributed by atoms with Crippen LogP contribution in [0.2, 0.25) is 3.93 Å². The fraction of sp³-hybridized carbons (Fsp3) is 0.528. The summed E-state index contributed by atoms with van der Waals surface area (Å²) in [6.45, 7) is 8.90. The molecule has 0 bridgehead atoms. The van der Waals surface area contributed by atoms with Gasteiger partial charge in [0.05, 0.1) is 0 Å². The van der Waals surface area contributed by atoms with Gasteiger partial charge in [0, 0.05) is 0 Å². The quantitative estimate of drug-likeness (QED) is 0.0880. The number of nitrogens with one attached hydrogen (secondary N) is 1. The molecule has 0 unspecified atom stereocenters. The monoisotopic (exact) mass is 1130 g/mol. The summed E-state index contributed by atoms with van der Waals surface area (Å²) < 4.78 is 61.7. The van der Waals surface area contributed by atoms with Crippen molar-refractivity contribution in [3.63, 3.8) is 0 Å². The van der Waals surface area contributed by atoms with Gasteiger partial charge in [-0.05, 0) is 5.56 Å². The molecule has 358 valence electrons. The van der Waals surface area contributed by atoms with Crippen LogP contribution in [0.15, 0.2) is 121 Å². The molecule has 0 aromatic heterocycles. The molecule has 2 N–H and O–H groups in total. The summed E-state index contributed by atoms with van der Waals surface area (Å²) in [6, 6.07) is 39.6. The van der Waals surface area contributed by atoms with Gasteiger partial charge in [-0.15, -0.1) is 0 Å². The minimum absolute atomic E-state index is 0.198. The SMILES string of the molecule is CC(=O)N[C@H]1[C@@H](OCc2ccccc2)O[C@@H]2COC(C)(C)O[C@H]2[C@@H]1C[C@@H]1O[C@@H]([CH2][Hg][Cl])C[C@H](O)[C@H]1C[C@@H]1O[C@@H](C)[C@@H](OCc2ccccc2)[C@@H](OCc2ccccc2)[C@@H]1OCc1ccccc1. The number of rotatable bonds is 19. The van der Waals surface area contributed by atoms with Crippen molar-refractivity contribution < 1.29 is 75.9 Å². The second-order valence-corrected chi connectivity index (χ2v) is 25.9. The van der Waals surface area contributed by atoms with E-state index in [9.17, 15) is 9.90 Å². The number of benzene rings is 4. The van der Waals surface area contributed by atoms with Gasteiger partial charge in [0.2, 0.25) is 0 Å². The Morgan fingerprint density at radius 3 is 1.75 bits per heavy atom. The number of amides is 1. The van der Waals surface area contributed by atoms with Crippen molar-refractivity contribution in [1.82, 2.24) is 5.32 Å². The minimum Gasteiger partial charge on any atom is -0.0622 e. The van der Waals surface area contributed by atoms with Gasteiger partial charge < -0.3 is 0 Å². The van der Waals surface area contributed by atoms with Crippen molar-refractivity contribution in [2.24, 2.45) is 11.8 Å². The first kappa shape index (κ1) is 50.6. The number of hydrogen-bond donors (Lipinski definition) is 2. The van der Waals surface area contributed by atoms with Crippen molar-refractivity contribution in [3.05, 3.63) is 144 Å². The predicted molar refractivity (Wildman–Crippen MR) is 248 cm³/mol. The standard InChI is InChI=1S/C53H66NO11.ClH.Hg/c1-34-26-43(56)41(44(62-34)28-42-47(54-36(3)55)52(60-32-40-24-16-9-17-25-40)64-46-33-61-53(4,5)65-49(42)46)27-45-50(58-30-38-20-12-7-13-21-38)51(59-31-39-22-14-8-15-23-39)48(35(2)63-45)57-29-37-18-10-6-11-19-37;;/h6-25,34-35,41-52,56H,1,26-33H2,2-5H3,(H,54,55);1H;/q;;+1/p-1/t34-,35-,41+,42+,43-,44-,45-,46+,47+,48+,49-,50+,51+,52-;;/m0../s1. The summed E-state index contributed by atoms with van der Waals surface area (Å²) in [5, 5.41) is 15.6. The third kappa shape index (κ3) is 13.7. The van der Waals surface area contributed by atoms with Gasteiger partial charge in [-0.1, -0.05) is 97.1 Å². The topological polar surface area (TPSA) is 132 Å². The maximum absolute atomic E-state index is 13.1. The summed E-state index contributed by atoms with van der Waals surface area (Å²) in [5.41, 5.74) is 4.06. The average Bonchev–Trinajstić information content (AvgIpc) is 3.32. The molecule has 12 nitrogen and oxygen atoms in total. The number of halogens is 1. The zero-order valence-corrected chi connectivity index (χ0v) is 45.4. The third-order valence-corrected chi connectivity index (χ3v) is 18.8. The van der Waals surface area contributed by atoms with E-state index >= 15 is 0 Å². The van der Waals surface area contributed by atoms with Crippen molar-refractivity contribution in [2.45, 2.75) is 156 Å². The second kappa shape index (κ2) is 24.3. The molecule has 4 saturated heterocycles. The summed E-state index contributed by atoms with van der Waals surface area (Å²) in [5.74, 6) is -1.90. The zero-order valence-electron chi connectivity index (χ0n) is 39.1. The zero-order chi connectivity index (χ0) is 46.8. The Kier molecular flexibility index (Phi) is 18.4. The van der Waals surface area contributed by atoms with Crippen molar-refractivity contribution in [2.75, 3.05) is 6.61 Å². The van der Waals surface area contributed by atoms with E-state index in [-0.39, 0.29) is 31.1 Å². The minimum atomic E-state index is -1.73. The van der Waals surface area contributed by atoms with E-state index in [2.05, 4.69) is 17.4 Å². The van der Waals surface area contributed by atoms with Crippen LogP contribution in [0.4, 0.5) is 0 Å². The smallest absolute Gasteiger partial charge is 0.0622 e. The average molecular weight is 1130 g/mol. The molecule has 4 aromatic carbocycles. The Bertz CT molecular complexity index is 2090. The molecule has 4 aliphatic rings. The van der Waals surface area contributed by atoms with Crippen LogP contribution in [0.1, 0.15) is 69.2 Å². The molecule has 0 saturated carbocycles. The summed E-state index contributed by atoms with van der Waals surface area (Å²) in [4.78, 5) is 13.1. The van der Waals surface area contributed by atoms with Crippen LogP contribution in [0.3, 0.4) is 0 Å². The van der Waals surface area contributed by atoms with Crippen LogP contribution in [0.5, 0.6) is 0 Å². The molecule has 0 aliphatic carbocycles. The van der Waals surface area contributed by atoms with Gasteiger partial charge in [0.15, 0.2) is 0 Å². The molecule has 14 heteroatoms. The van der Waals surface area contributed by atoms with Gasteiger partial charge in [0.25, 0.3) is 0 Å². The number of fused-ring (bicyclic) bond motifs is 1. The van der Waals surface area contributed by atoms with Crippen LogP contribution < -0.4 is 5.32 Å². The van der Waals surface area contributed by atoms with E-state index in [1.54, 1.807) is 0 Å².